The fourth-order valence-corrected chi connectivity index (χ4v) is 2.38. The standard InChI is InChI=1S/C17H24N2O2/c1-11(2)13-7-5-8-14(12(3)4)15(13)21-17(20)16-18-9-6-10-19-16/h5-9,11-12,16,18-19H,10H2,1-4H3. The van der Waals surface area contributed by atoms with E-state index in [2.05, 4.69) is 38.3 Å². The van der Waals surface area contributed by atoms with Crippen LogP contribution in [0.1, 0.15) is 50.7 Å². The van der Waals surface area contributed by atoms with E-state index < -0.39 is 6.17 Å². The second-order valence-corrected chi connectivity index (χ2v) is 5.91. The van der Waals surface area contributed by atoms with Crippen molar-refractivity contribution in [2.24, 2.45) is 0 Å². The van der Waals surface area contributed by atoms with Gasteiger partial charge in [0.1, 0.15) is 5.75 Å². The van der Waals surface area contributed by atoms with E-state index in [4.69, 9.17) is 4.74 Å². The van der Waals surface area contributed by atoms with E-state index in [0.717, 1.165) is 11.1 Å². The monoisotopic (exact) mass is 288 g/mol. The lowest BCUT2D eigenvalue weighted by atomic mass is 9.94. The van der Waals surface area contributed by atoms with E-state index in [1.165, 1.54) is 0 Å². The molecule has 1 heterocycles. The first-order valence-corrected chi connectivity index (χ1v) is 7.49. The Bertz CT molecular complexity index is 509. The summed E-state index contributed by atoms with van der Waals surface area (Å²) in [5.41, 5.74) is 2.14. The molecule has 4 nitrogen and oxygen atoms in total. The van der Waals surface area contributed by atoms with Gasteiger partial charge in [-0.05, 0) is 29.2 Å². The number of benzene rings is 1. The van der Waals surface area contributed by atoms with Crippen LogP contribution < -0.4 is 15.4 Å². The van der Waals surface area contributed by atoms with Crippen molar-refractivity contribution in [3.05, 3.63) is 41.6 Å². The normalized spacial score (nSPS) is 17.9. The van der Waals surface area contributed by atoms with Crippen molar-refractivity contribution in [3.63, 3.8) is 0 Å². The van der Waals surface area contributed by atoms with Crippen molar-refractivity contribution >= 4 is 5.97 Å². The van der Waals surface area contributed by atoms with Gasteiger partial charge in [0.25, 0.3) is 0 Å². The highest BCUT2D eigenvalue weighted by Crippen LogP contribution is 2.34. The lowest BCUT2D eigenvalue weighted by molar-refractivity contribution is -0.137. The summed E-state index contributed by atoms with van der Waals surface area (Å²) in [5.74, 6) is 1.03. The molecular formula is C17H24N2O2. The number of hydrogen-bond donors (Lipinski definition) is 2. The SMILES string of the molecule is CC(C)c1cccc(C(C)C)c1OC(=O)C1NC=CCN1. The summed E-state index contributed by atoms with van der Waals surface area (Å²) in [5, 5.41) is 6.03. The van der Waals surface area contributed by atoms with Gasteiger partial charge in [-0.1, -0.05) is 52.0 Å². The summed E-state index contributed by atoms with van der Waals surface area (Å²) < 4.78 is 5.74. The smallest absolute Gasteiger partial charge is 0.349 e. The summed E-state index contributed by atoms with van der Waals surface area (Å²) >= 11 is 0. The van der Waals surface area contributed by atoms with Crippen LogP contribution in [-0.2, 0) is 4.79 Å². The number of para-hydroxylation sites is 1. The molecule has 2 rings (SSSR count). The number of hydrogen-bond acceptors (Lipinski definition) is 4. The van der Waals surface area contributed by atoms with Crippen LogP contribution in [0.5, 0.6) is 5.75 Å². The molecule has 0 bridgehead atoms. The molecule has 114 valence electrons. The summed E-state index contributed by atoms with van der Waals surface area (Å²) in [6.07, 6.45) is 3.21. The van der Waals surface area contributed by atoms with E-state index in [1.54, 1.807) is 6.20 Å². The third-order valence-electron chi connectivity index (χ3n) is 3.58. The largest absolute Gasteiger partial charge is 0.423 e. The summed E-state index contributed by atoms with van der Waals surface area (Å²) in [4.78, 5) is 12.3. The van der Waals surface area contributed by atoms with Gasteiger partial charge in [-0.2, -0.15) is 0 Å². The molecule has 1 aromatic rings. The highest BCUT2D eigenvalue weighted by molar-refractivity contribution is 5.79. The molecule has 0 fully saturated rings. The zero-order valence-electron chi connectivity index (χ0n) is 13.1. The maximum atomic E-state index is 12.3. The van der Waals surface area contributed by atoms with Crippen LogP contribution in [0.4, 0.5) is 0 Å². The maximum Gasteiger partial charge on any atom is 0.349 e. The molecule has 1 aliphatic rings. The maximum absolute atomic E-state index is 12.3. The Labute approximate surface area is 126 Å². The van der Waals surface area contributed by atoms with Gasteiger partial charge in [0.15, 0.2) is 6.17 Å². The molecule has 0 aliphatic carbocycles. The minimum Gasteiger partial charge on any atom is -0.423 e. The third-order valence-corrected chi connectivity index (χ3v) is 3.58. The zero-order valence-corrected chi connectivity index (χ0v) is 13.1. The molecule has 1 unspecified atom stereocenters. The Morgan fingerprint density at radius 3 is 2.29 bits per heavy atom. The fourth-order valence-electron chi connectivity index (χ4n) is 2.38. The van der Waals surface area contributed by atoms with Crippen molar-refractivity contribution in [1.29, 1.82) is 0 Å². The van der Waals surface area contributed by atoms with Gasteiger partial charge in [0.05, 0.1) is 0 Å². The topological polar surface area (TPSA) is 50.4 Å². The number of rotatable bonds is 4. The first kappa shape index (κ1) is 15.6. The lowest BCUT2D eigenvalue weighted by Gasteiger charge is -2.23. The van der Waals surface area contributed by atoms with E-state index in [-0.39, 0.29) is 5.97 Å². The Kier molecular flexibility index (Phi) is 5.02. The van der Waals surface area contributed by atoms with Crippen LogP contribution in [0.2, 0.25) is 0 Å². The third kappa shape index (κ3) is 3.64. The van der Waals surface area contributed by atoms with Crippen molar-refractivity contribution in [1.82, 2.24) is 10.6 Å². The van der Waals surface area contributed by atoms with Gasteiger partial charge in [-0.3, -0.25) is 5.32 Å². The molecule has 21 heavy (non-hydrogen) atoms. The minimum absolute atomic E-state index is 0.297. The van der Waals surface area contributed by atoms with Crippen LogP contribution in [0, 0.1) is 0 Å². The molecule has 1 aromatic carbocycles. The summed E-state index contributed by atoms with van der Waals surface area (Å²) in [7, 11) is 0. The molecule has 1 atom stereocenters. The first-order chi connectivity index (χ1) is 10.0. The van der Waals surface area contributed by atoms with E-state index >= 15 is 0 Å². The highest BCUT2D eigenvalue weighted by Gasteiger charge is 2.24. The number of esters is 1. The summed E-state index contributed by atoms with van der Waals surface area (Å²) in [6, 6.07) is 6.09. The van der Waals surface area contributed by atoms with E-state index in [9.17, 15) is 4.79 Å². The van der Waals surface area contributed by atoms with Gasteiger partial charge in [-0.15, -0.1) is 0 Å². The molecule has 0 amide bonds. The van der Waals surface area contributed by atoms with Gasteiger partial charge in [-0.25, -0.2) is 4.79 Å². The molecule has 0 spiro atoms. The first-order valence-electron chi connectivity index (χ1n) is 7.49. The van der Waals surface area contributed by atoms with E-state index in [1.807, 2.05) is 24.3 Å². The van der Waals surface area contributed by atoms with Gasteiger partial charge < -0.3 is 10.1 Å². The van der Waals surface area contributed by atoms with Crippen molar-refractivity contribution in [2.75, 3.05) is 6.54 Å². The lowest BCUT2D eigenvalue weighted by Crippen LogP contribution is -2.50. The van der Waals surface area contributed by atoms with E-state index in [0.29, 0.717) is 24.1 Å². The van der Waals surface area contributed by atoms with Crippen LogP contribution in [0.25, 0.3) is 0 Å². The average Bonchev–Trinajstić information content (AvgIpc) is 2.47. The second-order valence-electron chi connectivity index (χ2n) is 5.91. The average molecular weight is 288 g/mol. The fraction of sp³-hybridized carbons (Fsp3) is 0.471. The molecule has 1 aliphatic heterocycles. The quantitative estimate of drug-likeness (QED) is 0.661. The molecule has 4 heteroatoms. The number of ether oxygens (including phenoxy) is 1. The predicted molar refractivity (Wildman–Crippen MR) is 84.3 cm³/mol. The second kappa shape index (κ2) is 6.76. The van der Waals surface area contributed by atoms with Crippen LogP contribution in [0.3, 0.4) is 0 Å². The number of nitrogens with one attached hydrogen (secondary N) is 2. The Hall–Kier alpha value is -1.81. The van der Waals surface area contributed by atoms with Gasteiger partial charge in [0, 0.05) is 6.54 Å². The molecule has 0 radical (unpaired) electrons. The van der Waals surface area contributed by atoms with Crippen molar-refractivity contribution in [3.8, 4) is 5.75 Å². The molecule has 0 saturated heterocycles. The minimum atomic E-state index is -0.491. The molecule has 2 N–H and O–H groups in total. The zero-order chi connectivity index (χ0) is 15.4. The van der Waals surface area contributed by atoms with Crippen LogP contribution in [-0.4, -0.2) is 18.7 Å². The van der Waals surface area contributed by atoms with Crippen molar-refractivity contribution in [2.45, 2.75) is 45.7 Å². The predicted octanol–water partition coefficient (Wildman–Crippen LogP) is 2.87. The number of carbonyl (C=O) groups excluding carboxylic acids is 1. The van der Waals surface area contributed by atoms with Crippen LogP contribution in [0.15, 0.2) is 30.5 Å². The Morgan fingerprint density at radius 2 is 1.81 bits per heavy atom. The van der Waals surface area contributed by atoms with Gasteiger partial charge >= 0.3 is 5.97 Å². The van der Waals surface area contributed by atoms with Crippen LogP contribution >= 0.6 is 0 Å². The molecule has 0 saturated carbocycles. The Morgan fingerprint density at radius 1 is 1.19 bits per heavy atom. The van der Waals surface area contributed by atoms with Gasteiger partial charge in [0.2, 0.25) is 0 Å². The molecular weight excluding hydrogens is 264 g/mol. The summed E-state index contributed by atoms with van der Waals surface area (Å²) in [6.45, 7) is 9.09. The molecule has 0 aromatic heterocycles. The van der Waals surface area contributed by atoms with Crippen molar-refractivity contribution < 1.29 is 9.53 Å². The Balaban J connectivity index is 2.28. The highest BCUT2D eigenvalue weighted by atomic mass is 16.5. The number of carbonyl (C=O) groups is 1.